The van der Waals surface area contributed by atoms with E-state index in [2.05, 4.69) is 12.5 Å². The second-order valence-electron chi connectivity index (χ2n) is 3.78. The van der Waals surface area contributed by atoms with Crippen molar-refractivity contribution in [3.63, 3.8) is 0 Å². The fourth-order valence-corrected chi connectivity index (χ4v) is 1.53. The molecule has 1 rings (SSSR count). The first-order chi connectivity index (χ1) is 6.50. The van der Waals surface area contributed by atoms with Gasteiger partial charge in [0.05, 0.1) is 6.10 Å². The van der Waals surface area contributed by atoms with Gasteiger partial charge in [-0.1, -0.05) is 6.08 Å². The van der Waals surface area contributed by atoms with Crippen LogP contribution in [0.4, 0.5) is 0 Å². The van der Waals surface area contributed by atoms with E-state index >= 15 is 0 Å². The Morgan fingerprint density at radius 2 is 2.29 bits per heavy atom. The lowest BCUT2D eigenvalue weighted by molar-refractivity contribution is -0.152. The van der Waals surface area contributed by atoms with E-state index in [4.69, 9.17) is 15.9 Å². The highest BCUT2D eigenvalue weighted by molar-refractivity contribution is 4.99. The highest BCUT2D eigenvalue weighted by Gasteiger charge is 2.42. The summed E-state index contributed by atoms with van der Waals surface area (Å²) in [4.78, 5) is 0. The Labute approximate surface area is 84.7 Å². The molecule has 1 aliphatic rings. The van der Waals surface area contributed by atoms with Gasteiger partial charge in [0.2, 0.25) is 0 Å². The topological polar surface area (TPSA) is 38.7 Å². The Kier molecular flexibility index (Phi) is 3.33. The molecule has 1 N–H and O–H groups in total. The molecule has 0 saturated carbocycles. The maximum absolute atomic E-state index is 9.69. The fraction of sp³-hybridized carbons (Fsp3) is 0.636. The quantitative estimate of drug-likeness (QED) is 0.542. The second kappa shape index (κ2) is 4.14. The first kappa shape index (κ1) is 11.3. The lowest BCUT2D eigenvalue weighted by Crippen LogP contribution is -2.34. The minimum atomic E-state index is -0.704. The van der Waals surface area contributed by atoms with Crippen LogP contribution in [-0.2, 0) is 9.47 Å². The summed E-state index contributed by atoms with van der Waals surface area (Å²) in [5, 5.41) is 9.69. The predicted octanol–water partition coefficient (Wildman–Crippen LogP) is 1.08. The van der Waals surface area contributed by atoms with Crippen LogP contribution in [0.15, 0.2) is 12.7 Å². The summed E-state index contributed by atoms with van der Waals surface area (Å²) in [6.45, 7) is 7.23. The molecule has 14 heavy (non-hydrogen) atoms. The van der Waals surface area contributed by atoms with Crippen LogP contribution in [0.3, 0.4) is 0 Å². The van der Waals surface area contributed by atoms with Crippen LogP contribution in [0.2, 0.25) is 0 Å². The van der Waals surface area contributed by atoms with Gasteiger partial charge in [-0.15, -0.1) is 18.9 Å². The summed E-state index contributed by atoms with van der Waals surface area (Å²) in [5.41, 5.74) is 0. The standard InChI is InChI=1S/C11H16O3/c1-5-7-8(12)10-9(6-2)13-11(3,4)14-10/h1,6,8-10,12H,2,7H2,3-4H3/t8-,9-,10+/m1/s1. The van der Waals surface area contributed by atoms with Gasteiger partial charge in [0, 0.05) is 6.42 Å². The van der Waals surface area contributed by atoms with E-state index in [1.807, 2.05) is 0 Å². The Morgan fingerprint density at radius 3 is 2.79 bits per heavy atom. The van der Waals surface area contributed by atoms with Crippen LogP contribution in [0.1, 0.15) is 20.3 Å². The molecule has 0 aromatic carbocycles. The van der Waals surface area contributed by atoms with Crippen LogP contribution in [0.25, 0.3) is 0 Å². The molecular formula is C11H16O3. The van der Waals surface area contributed by atoms with Crippen LogP contribution in [0, 0.1) is 12.3 Å². The summed E-state index contributed by atoms with van der Waals surface area (Å²) in [6, 6.07) is 0. The van der Waals surface area contributed by atoms with Gasteiger partial charge in [-0.25, -0.2) is 0 Å². The number of rotatable bonds is 3. The van der Waals surface area contributed by atoms with Crippen molar-refractivity contribution in [2.45, 2.75) is 44.4 Å². The molecule has 0 spiro atoms. The molecule has 3 heteroatoms. The molecule has 0 aromatic rings. The number of aliphatic hydroxyl groups excluding tert-OH is 1. The summed E-state index contributed by atoms with van der Waals surface area (Å²) in [6.07, 6.45) is 5.58. The molecule has 1 heterocycles. The maximum atomic E-state index is 9.69. The number of hydrogen-bond acceptors (Lipinski definition) is 3. The molecule has 1 saturated heterocycles. The molecule has 0 unspecified atom stereocenters. The van der Waals surface area contributed by atoms with Gasteiger partial charge >= 0.3 is 0 Å². The number of hydrogen-bond donors (Lipinski definition) is 1. The van der Waals surface area contributed by atoms with Crippen molar-refractivity contribution >= 4 is 0 Å². The van der Waals surface area contributed by atoms with Gasteiger partial charge in [0.25, 0.3) is 0 Å². The zero-order valence-electron chi connectivity index (χ0n) is 8.56. The predicted molar refractivity (Wildman–Crippen MR) is 53.5 cm³/mol. The molecule has 0 radical (unpaired) electrons. The molecule has 0 aromatic heterocycles. The fourth-order valence-electron chi connectivity index (χ4n) is 1.53. The maximum Gasteiger partial charge on any atom is 0.164 e. The molecular weight excluding hydrogens is 180 g/mol. The Morgan fingerprint density at radius 1 is 1.64 bits per heavy atom. The Bertz CT molecular complexity index is 252. The highest BCUT2D eigenvalue weighted by Crippen LogP contribution is 2.31. The lowest BCUT2D eigenvalue weighted by atomic mass is 10.1. The van der Waals surface area contributed by atoms with Gasteiger partial charge in [-0.2, -0.15) is 0 Å². The van der Waals surface area contributed by atoms with Gasteiger partial charge in [0.15, 0.2) is 5.79 Å². The van der Waals surface area contributed by atoms with Crippen molar-refractivity contribution in [3.05, 3.63) is 12.7 Å². The third-order valence-electron chi connectivity index (χ3n) is 2.10. The van der Waals surface area contributed by atoms with Crippen molar-refractivity contribution in [2.24, 2.45) is 0 Å². The number of terminal acetylenes is 1. The van der Waals surface area contributed by atoms with Crippen molar-refractivity contribution in [2.75, 3.05) is 0 Å². The van der Waals surface area contributed by atoms with E-state index in [-0.39, 0.29) is 12.5 Å². The van der Waals surface area contributed by atoms with Gasteiger partial charge in [0.1, 0.15) is 12.2 Å². The van der Waals surface area contributed by atoms with E-state index in [0.29, 0.717) is 0 Å². The summed E-state index contributed by atoms with van der Waals surface area (Å²) in [7, 11) is 0. The van der Waals surface area contributed by atoms with Crippen molar-refractivity contribution in [1.82, 2.24) is 0 Å². The molecule has 0 amide bonds. The van der Waals surface area contributed by atoms with Crippen molar-refractivity contribution < 1.29 is 14.6 Å². The average molecular weight is 196 g/mol. The molecule has 3 atom stereocenters. The number of aliphatic hydroxyl groups is 1. The third kappa shape index (κ3) is 2.36. The highest BCUT2D eigenvalue weighted by atomic mass is 16.8. The van der Waals surface area contributed by atoms with Gasteiger partial charge in [-0.3, -0.25) is 0 Å². The SMILES string of the molecule is C#CC[C@@H](O)[C@@H]1OC(C)(C)O[C@@H]1C=C. The van der Waals surface area contributed by atoms with Gasteiger partial charge < -0.3 is 14.6 Å². The van der Waals surface area contributed by atoms with Crippen molar-refractivity contribution in [1.29, 1.82) is 0 Å². The largest absolute Gasteiger partial charge is 0.389 e. The van der Waals surface area contributed by atoms with E-state index in [9.17, 15) is 5.11 Å². The zero-order chi connectivity index (χ0) is 10.8. The number of ether oxygens (including phenoxy) is 2. The summed E-state index contributed by atoms with van der Waals surface area (Å²) < 4.78 is 11.0. The summed E-state index contributed by atoms with van der Waals surface area (Å²) in [5.74, 6) is 1.72. The zero-order valence-corrected chi connectivity index (χ0v) is 8.56. The van der Waals surface area contributed by atoms with E-state index in [0.717, 1.165) is 0 Å². The minimum absolute atomic E-state index is 0.258. The second-order valence-corrected chi connectivity index (χ2v) is 3.78. The lowest BCUT2D eigenvalue weighted by Gasteiger charge is -2.19. The Balaban J connectivity index is 2.69. The van der Waals surface area contributed by atoms with Crippen LogP contribution >= 0.6 is 0 Å². The third-order valence-corrected chi connectivity index (χ3v) is 2.10. The van der Waals surface area contributed by atoms with Gasteiger partial charge in [-0.05, 0) is 13.8 Å². The normalized spacial score (nSPS) is 32.1. The summed E-state index contributed by atoms with van der Waals surface area (Å²) >= 11 is 0. The molecule has 1 fully saturated rings. The molecule has 78 valence electrons. The molecule has 0 aliphatic carbocycles. The van der Waals surface area contributed by atoms with Crippen LogP contribution < -0.4 is 0 Å². The minimum Gasteiger partial charge on any atom is -0.389 e. The average Bonchev–Trinajstić information content (AvgIpc) is 2.41. The smallest absolute Gasteiger partial charge is 0.164 e. The van der Waals surface area contributed by atoms with Crippen LogP contribution in [0.5, 0.6) is 0 Å². The Hall–Kier alpha value is -0.820. The monoisotopic (exact) mass is 196 g/mol. The van der Waals surface area contributed by atoms with E-state index in [1.54, 1.807) is 19.9 Å². The van der Waals surface area contributed by atoms with E-state index < -0.39 is 18.0 Å². The first-order valence-corrected chi connectivity index (χ1v) is 4.60. The van der Waals surface area contributed by atoms with Crippen LogP contribution in [-0.4, -0.2) is 29.2 Å². The van der Waals surface area contributed by atoms with Crippen molar-refractivity contribution in [3.8, 4) is 12.3 Å². The molecule has 1 aliphatic heterocycles. The first-order valence-electron chi connectivity index (χ1n) is 4.60. The van der Waals surface area contributed by atoms with E-state index in [1.165, 1.54) is 0 Å². The molecule has 0 bridgehead atoms. The molecule has 3 nitrogen and oxygen atoms in total.